The van der Waals surface area contributed by atoms with Gasteiger partial charge in [0.05, 0.1) is 0 Å². The number of aryl methyl sites for hydroxylation is 1. The summed E-state index contributed by atoms with van der Waals surface area (Å²) in [6.07, 6.45) is 3.25. The van der Waals surface area contributed by atoms with Gasteiger partial charge in [-0.15, -0.1) is 0 Å². The van der Waals surface area contributed by atoms with E-state index >= 15 is 0 Å². The zero-order chi connectivity index (χ0) is 12.8. The molecule has 2 amide bonds. The van der Waals surface area contributed by atoms with Crippen molar-refractivity contribution in [3.8, 4) is 0 Å². The lowest BCUT2D eigenvalue weighted by Gasteiger charge is -2.13. The summed E-state index contributed by atoms with van der Waals surface area (Å²) in [4.78, 5) is 24.1. The third-order valence-corrected chi connectivity index (χ3v) is 3.40. The van der Waals surface area contributed by atoms with E-state index in [2.05, 4.69) is 15.8 Å². The molecule has 2 fully saturated rings. The van der Waals surface area contributed by atoms with E-state index in [1.54, 1.807) is 13.0 Å². The average Bonchev–Trinajstić information content (AvgIpc) is 3.20. The molecule has 18 heavy (non-hydrogen) atoms. The monoisotopic (exact) mass is 249 g/mol. The van der Waals surface area contributed by atoms with Gasteiger partial charge in [0, 0.05) is 12.1 Å². The largest absolute Gasteiger partial charge is 0.360 e. The minimum absolute atomic E-state index is 0.150. The molecule has 0 aromatic carbocycles. The maximum absolute atomic E-state index is 12.1. The first-order valence-corrected chi connectivity index (χ1v) is 6.16. The van der Waals surface area contributed by atoms with Crippen molar-refractivity contribution in [2.45, 2.75) is 38.6 Å². The second-order valence-electron chi connectivity index (χ2n) is 5.11. The highest BCUT2D eigenvalue weighted by Gasteiger charge is 2.57. The van der Waals surface area contributed by atoms with Crippen LogP contribution in [0.5, 0.6) is 0 Å². The summed E-state index contributed by atoms with van der Waals surface area (Å²) < 4.78 is 4.87. The maximum atomic E-state index is 12.1. The first-order chi connectivity index (χ1) is 8.60. The van der Waals surface area contributed by atoms with Gasteiger partial charge in [-0.3, -0.25) is 9.59 Å². The van der Waals surface area contributed by atoms with E-state index in [0.717, 1.165) is 12.8 Å². The highest BCUT2D eigenvalue weighted by Crippen LogP contribution is 2.47. The van der Waals surface area contributed by atoms with Crippen molar-refractivity contribution in [1.29, 1.82) is 0 Å². The topological polar surface area (TPSA) is 84.2 Å². The van der Waals surface area contributed by atoms with Crippen molar-refractivity contribution in [2.24, 2.45) is 5.41 Å². The Morgan fingerprint density at radius 2 is 2.11 bits per heavy atom. The summed E-state index contributed by atoms with van der Waals surface area (Å²) in [6, 6.07) is 1.91. The smallest absolute Gasteiger partial charge is 0.241 e. The van der Waals surface area contributed by atoms with Crippen molar-refractivity contribution < 1.29 is 14.1 Å². The van der Waals surface area contributed by atoms with Crippen LogP contribution in [-0.4, -0.2) is 23.0 Å². The van der Waals surface area contributed by atoms with E-state index in [-0.39, 0.29) is 17.9 Å². The van der Waals surface area contributed by atoms with Crippen molar-refractivity contribution >= 4 is 17.6 Å². The highest BCUT2D eigenvalue weighted by atomic mass is 16.5. The Labute approximate surface area is 104 Å². The van der Waals surface area contributed by atoms with Crippen LogP contribution in [-0.2, 0) is 9.59 Å². The van der Waals surface area contributed by atoms with E-state index in [1.807, 2.05) is 0 Å². The fourth-order valence-corrected chi connectivity index (χ4v) is 1.89. The van der Waals surface area contributed by atoms with Crippen LogP contribution in [0.15, 0.2) is 10.6 Å². The Bertz CT molecular complexity index is 500. The van der Waals surface area contributed by atoms with E-state index in [1.165, 1.54) is 0 Å². The number of aromatic nitrogens is 1. The molecule has 2 N–H and O–H groups in total. The van der Waals surface area contributed by atoms with Gasteiger partial charge < -0.3 is 15.2 Å². The molecule has 1 aromatic heterocycles. The number of rotatable bonds is 4. The lowest BCUT2D eigenvalue weighted by Crippen LogP contribution is -2.40. The Balaban J connectivity index is 1.65. The molecule has 0 bridgehead atoms. The molecule has 0 atom stereocenters. The number of hydrogen-bond acceptors (Lipinski definition) is 4. The molecule has 96 valence electrons. The van der Waals surface area contributed by atoms with Gasteiger partial charge in [0.15, 0.2) is 5.82 Å². The molecule has 1 heterocycles. The Morgan fingerprint density at radius 1 is 1.39 bits per heavy atom. The van der Waals surface area contributed by atoms with Gasteiger partial charge in [-0.1, -0.05) is 5.16 Å². The summed E-state index contributed by atoms with van der Waals surface area (Å²) in [7, 11) is 0. The predicted molar refractivity (Wildman–Crippen MR) is 62.7 cm³/mol. The third-order valence-electron chi connectivity index (χ3n) is 3.40. The quantitative estimate of drug-likeness (QED) is 0.779. The Kier molecular flexibility index (Phi) is 2.39. The molecular formula is C12H15N3O3. The summed E-state index contributed by atoms with van der Waals surface area (Å²) >= 11 is 0. The molecule has 6 nitrogen and oxygen atoms in total. The summed E-state index contributed by atoms with van der Waals surface area (Å²) in [5, 5.41) is 9.21. The fraction of sp³-hybridized carbons (Fsp3) is 0.583. The van der Waals surface area contributed by atoms with E-state index < -0.39 is 5.41 Å². The van der Waals surface area contributed by atoms with Crippen LogP contribution in [0, 0.1) is 12.3 Å². The molecule has 2 aliphatic rings. The maximum Gasteiger partial charge on any atom is 0.241 e. The molecule has 2 saturated carbocycles. The average molecular weight is 249 g/mol. The second kappa shape index (κ2) is 3.83. The molecule has 0 unspecified atom stereocenters. The summed E-state index contributed by atoms with van der Waals surface area (Å²) in [5.74, 6) is 0.553. The lowest BCUT2D eigenvalue weighted by molar-refractivity contribution is -0.134. The number of carbonyl (C=O) groups excluding carboxylic acids is 2. The van der Waals surface area contributed by atoms with Crippen LogP contribution in [0.3, 0.4) is 0 Å². The number of nitrogens with one attached hydrogen (secondary N) is 2. The number of nitrogens with zero attached hydrogens (tertiary/aromatic N) is 1. The molecule has 6 heteroatoms. The lowest BCUT2D eigenvalue weighted by atomic mass is 10.1. The van der Waals surface area contributed by atoms with Crippen LogP contribution in [0.1, 0.15) is 31.4 Å². The second-order valence-corrected chi connectivity index (χ2v) is 5.11. The van der Waals surface area contributed by atoms with Gasteiger partial charge in [-0.05, 0) is 32.6 Å². The zero-order valence-corrected chi connectivity index (χ0v) is 10.2. The van der Waals surface area contributed by atoms with Crippen molar-refractivity contribution in [3.05, 3.63) is 11.8 Å². The normalized spacial score (nSPS) is 20.3. The minimum Gasteiger partial charge on any atom is -0.360 e. The molecule has 0 saturated heterocycles. The molecule has 2 aliphatic carbocycles. The zero-order valence-electron chi connectivity index (χ0n) is 10.2. The minimum atomic E-state index is -0.880. The first kappa shape index (κ1) is 11.3. The van der Waals surface area contributed by atoms with Gasteiger partial charge >= 0.3 is 0 Å². The standard InChI is InChI=1S/C12H15N3O3/c1-7-6-9(15-18-7)14-11(17)12(4-5-12)10(16)13-8-2-3-8/h6,8H,2-5H2,1H3,(H,13,16)(H,14,15,17). The summed E-state index contributed by atoms with van der Waals surface area (Å²) in [6.45, 7) is 1.75. The van der Waals surface area contributed by atoms with Crippen molar-refractivity contribution in [2.75, 3.05) is 5.32 Å². The van der Waals surface area contributed by atoms with Crippen LogP contribution in [0.2, 0.25) is 0 Å². The molecular weight excluding hydrogens is 234 g/mol. The molecule has 1 aromatic rings. The van der Waals surface area contributed by atoms with E-state index in [0.29, 0.717) is 24.4 Å². The van der Waals surface area contributed by atoms with Crippen LogP contribution in [0.4, 0.5) is 5.82 Å². The number of carbonyl (C=O) groups is 2. The van der Waals surface area contributed by atoms with Crippen molar-refractivity contribution in [3.63, 3.8) is 0 Å². The van der Waals surface area contributed by atoms with Gasteiger partial charge in [0.25, 0.3) is 0 Å². The van der Waals surface area contributed by atoms with E-state index in [9.17, 15) is 9.59 Å². The molecule has 0 aliphatic heterocycles. The number of anilines is 1. The Hall–Kier alpha value is -1.85. The Morgan fingerprint density at radius 3 is 2.61 bits per heavy atom. The van der Waals surface area contributed by atoms with Gasteiger partial charge in [-0.2, -0.15) is 0 Å². The molecule has 3 rings (SSSR count). The van der Waals surface area contributed by atoms with Gasteiger partial charge in [0.2, 0.25) is 11.8 Å². The SMILES string of the molecule is Cc1cc(NC(=O)C2(C(=O)NC3CC3)CC2)no1. The number of amides is 2. The number of hydrogen-bond donors (Lipinski definition) is 2. The third kappa shape index (κ3) is 1.98. The fourth-order valence-electron chi connectivity index (χ4n) is 1.89. The molecule has 0 spiro atoms. The predicted octanol–water partition coefficient (Wildman–Crippen LogP) is 0.980. The molecule has 0 radical (unpaired) electrons. The van der Waals surface area contributed by atoms with Crippen molar-refractivity contribution in [1.82, 2.24) is 10.5 Å². The highest BCUT2D eigenvalue weighted by molar-refractivity contribution is 6.12. The van der Waals surface area contributed by atoms with Gasteiger partial charge in [-0.25, -0.2) is 0 Å². The van der Waals surface area contributed by atoms with E-state index in [4.69, 9.17) is 4.52 Å². The van der Waals surface area contributed by atoms with Crippen LogP contribution >= 0.6 is 0 Å². The summed E-state index contributed by atoms with van der Waals surface area (Å²) in [5.41, 5.74) is -0.880. The van der Waals surface area contributed by atoms with Gasteiger partial charge in [0.1, 0.15) is 11.2 Å². The van der Waals surface area contributed by atoms with Crippen LogP contribution < -0.4 is 10.6 Å². The first-order valence-electron chi connectivity index (χ1n) is 6.16. The van der Waals surface area contributed by atoms with Crippen LogP contribution in [0.25, 0.3) is 0 Å².